The van der Waals surface area contributed by atoms with Crippen molar-refractivity contribution in [3.63, 3.8) is 0 Å². The molecule has 4 heterocycles. The number of imidazole rings is 1. The number of fused-ring (bicyclic) bond motifs is 1. The minimum Gasteiger partial charge on any atom is -0.508 e. The average Bonchev–Trinajstić information content (AvgIpc) is 3.25. The summed E-state index contributed by atoms with van der Waals surface area (Å²) in [6, 6.07) is 9.08. The third kappa shape index (κ3) is 6.85. The summed E-state index contributed by atoms with van der Waals surface area (Å²) in [6.45, 7) is 14.0. The van der Waals surface area contributed by atoms with Crippen LogP contribution in [0.15, 0.2) is 30.5 Å². The van der Waals surface area contributed by atoms with Gasteiger partial charge in [0.2, 0.25) is 0 Å². The molecule has 0 spiro atoms. The Morgan fingerprint density at radius 1 is 1.12 bits per heavy atom. The fraction of sp³-hybridized carbons (Fsp3) is 0.625. The number of hydrogen-bond acceptors (Lipinski definition) is 7. The van der Waals surface area contributed by atoms with Crippen molar-refractivity contribution in [2.75, 3.05) is 40.3 Å². The van der Waals surface area contributed by atoms with E-state index in [4.69, 9.17) is 9.97 Å². The maximum absolute atomic E-state index is 10.0. The monoisotopic (exact) mass is 549 g/mol. The summed E-state index contributed by atoms with van der Waals surface area (Å²) in [5.74, 6) is 1.48. The van der Waals surface area contributed by atoms with E-state index in [0.29, 0.717) is 17.8 Å². The third-order valence-electron chi connectivity index (χ3n) is 8.88. The molecule has 2 aliphatic rings. The molecule has 2 aromatic heterocycles. The van der Waals surface area contributed by atoms with Crippen molar-refractivity contribution < 1.29 is 5.11 Å². The molecule has 2 unspecified atom stereocenters. The van der Waals surface area contributed by atoms with Crippen molar-refractivity contribution in [1.29, 1.82) is 0 Å². The van der Waals surface area contributed by atoms with Gasteiger partial charge in [0.1, 0.15) is 17.1 Å². The van der Waals surface area contributed by atoms with Crippen LogP contribution in [0.3, 0.4) is 0 Å². The Hall–Kier alpha value is -2.52. The number of phenolic OH excluding ortho intramolecular Hbond substituents is 1. The lowest BCUT2D eigenvalue weighted by molar-refractivity contribution is 0.0505. The quantitative estimate of drug-likeness (QED) is 0.405. The first-order chi connectivity index (χ1) is 19.1. The summed E-state index contributed by atoms with van der Waals surface area (Å²) in [6.07, 6.45) is 7.44. The molecular formula is C32H51N7O. The van der Waals surface area contributed by atoms with Crippen LogP contribution < -0.4 is 10.6 Å². The van der Waals surface area contributed by atoms with E-state index >= 15 is 0 Å². The normalized spacial score (nSPS) is 21.4. The fourth-order valence-electron chi connectivity index (χ4n) is 6.27. The first-order valence-corrected chi connectivity index (χ1v) is 15.1. The Bertz CT molecular complexity index is 1240. The van der Waals surface area contributed by atoms with Gasteiger partial charge in [0.15, 0.2) is 5.65 Å². The van der Waals surface area contributed by atoms with Gasteiger partial charge in [-0.2, -0.15) is 0 Å². The molecule has 2 atom stereocenters. The number of nitrogens with zero attached hydrogens (tertiary/aromatic N) is 5. The highest BCUT2D eigenvalue weighted by atomic mass is 16.3. The van der Waals surface area contributed by atoms with E-state index in [2.05, 4.69) is 79.9 Å². The SMILES string of the molecule is CC1CNCC(C)N1.CCCCc1nc2c(C)c(CN3CCC(c4cccc(O)c4)(N(C)C)CC3)cnc2n1C. The highest BCUT2D eigenvalue weighted by Crippen LogP contribution is 2.39. The van der Waals surface area contributed by atoms with Crippen LogP contribution >= 0.6 is 0 Å². The van der Waals surface area contributed by atoms with E-state index in [1.54, 1.807) is 6.07 Å². The number of likely N-dealkylation sites (tertiary alicyclic amines) is 1. The molecular weight excluding hydrogens is 498 g/mol. The molecule has 2 aliphatic heterocycles. The topological polar surface area (TPSA) is 81.5 Å². The van der Waals surface area contributed by atoms with Gasteiger partial charge in [-0.15, -0.1) is 0 Å². The maximum atomic E-state index is 10.0. The lowest BCUT2D eigenvalue weighted by Crippen LogP contribution is -2.52. The van der Waals surface area contributed by atoms with E-state index in [0.717, 1.165) is 75.4 Å². The van der Waals surface area contributed by atoms with Crippen LogP contribution in [-0.2, 0) is 25.6 Å². The summed E-state index contributed by atoms with van der Waals surface area (Å²) in [5, 5.41) is 16.8. The molecule has 2 fully saturated rings. The number of hydrogen-bond donors (Lipinski definition) is 3. The van der Waals surface area contributed by atoms with Gasteiger partial charge in [0.25, 0.3) is 0 Å². The van der Waals surface area contributed by atoms with Crippen LogP contribution in [0.5, 0.6) is 5.75 Å². The number of aryl methyl sites for hydroxylation is 3. The maximum Gasteiger partial charge on any atom is 0.160 e. The number of pyridine rings is 1. The number of unbranched alkanes of at least 4 members (excludes halogenated alkanes) is 1. The summed E-state index contributed by atoms with van der Waals surface area (Å²) >= 11 is 0. The van der Waals surface area contributed by atoms with Crippen molar-refractivity contribution in [2.24, 2.45) is 7.05 Å². The van der Waals surface area contributed by atoms with E-state index in [1.165, 1.54) is 23.1 Å². The lowest BCUT2D eigenvalue weighted by atomic mass is 9.79. The van der Waals surface area contributed by atoms with Crippen LogP contribution in [0.25, 0.3) is 11.2 Å². The number of aromatic nitrogens is 3. The summed E-state index contributed by atoms with van der Waals surface area (Å²) in [7, 11) is 6.39. The summed E-state index contributed by atoms with van der Waals surface area (Å²) in [5.41, 5.74) is 5.73. The molecule has 2 saturated heterocycles. The van der Waals surface area contributed by atoms with Crippen molar-refractivity contribution >= 4 is 11.2 Å². The number of piperidine rings is 1. The Kier molecular flexibility index (Phi) is 10.2. The molecule has 0 bridgehead atoms. The van der Waals surface area contributed by atoms with Gasteiger partial charge in [-0.1, -0.05) is 25.5 Å². The highest BCUT2D eigenvalue weighted by Gasteiger charge is 2.38. The van der Waals surface area contributed by atoms with E-state index < -0.39 is 0 Å². The second-order valence-corrected chi connectivity index (χ2v) is 12.2. The zero-order chi connectivity index (χ0) is 28.9. The molecule has 0 amide bonds. The summed E-state index contributed by atoms with van der Waals surface area (Å²) in [4.78, 5) is 14.6. The van der Waals surface area contributed by atoms with Gasteiger partial charge in [0.05, 0.1) is 0 Å². The van der Waals surface area contributed by atoms with E-state index in [9.17, 15) is 5.11 Å². The van der Waals surface area contributed by atoms with Crippen molar-refractivity contribution in [2.45, 2.75) is 84.0 Å². The van der Waals surface area contributed by atoms with Crippen LogP contribution in [0.1, 0.15) is 69.0 Å². The molecule has 0 saturated carbocycles. The van der Waals surface area contributed by atoms with Crippen molar-refractivity contribution in [3.05, 3.63) is 53.0 Å². The second kappa shape index (κ2) is 13.4. The van der Waals surface area contributed by atoms with E-state index in [-0.39, 0.29) is 5.54 Å². The van der Waals surface area contributed by atoms with Gasteiger partial charge in [-0.3, -0.25) is 9.80 Å². The zero-order valence-corrected chi connectivity index (χ0v) is 25.8. The number of piperazine rings is 1. The van der Waals surface area contributed by atoms with E-state index in [1.807, 2.05) is 18.3 Å². The predicted octanol–water partition coefficient (Wildman–Crippen LogP) is 4.33. The minimum atomic E-state index is -0.0400. The number of benzene rings is 1. The molecule has 8 heteroatoms. The lowest BCUT2D eigenvalue weighted by Gasteiger charge is -2.46. The Labute approximate surface area is 241 Å². The summed E-state index contributed by atoms with van der Waals surface area (Å²) < 4.78 is 2.16. The molecule has 5 rings (SSSR count). The smallest absolute Gasteiger partial charge is 0.160 e. The van der Waals surface area contributed by atoms with Crippen molar-refractivity contribution in [1.82, 2.24) is 35.0 Å². The molecule has 8 nitrogen and oxygen atoms in total. The molecule has 220 valence electrons. The first kappa shape index (κ1) is 30.4. The Morgan fingerprint density at radius 3 is 2.40 bits per heavy atom. The number of aromatic hydroxyl groups is 1. The Morgan fingerprint density at radius 2 is 1.82 bits per heavy atom. The van der Waals surface area contributed by atoms with Crippen LogP contribution in [0.2, 0.25) is 0 Å². The Balaban J connectivity index is 0.000000398. The van der Waals surface area contributed by atoms with Gasteiger partial charge in [-0.25, -0.2) is 9.97 Å². The van der Waals surface area contributed by atoms with Crippen LogP contribution in [0.4, 0.5) is 0 Å². The van der Waals surface area contributed by atoms with Crippen LogP contribution in [-0.4, -0.2) is 81.8 Å². The third-order valence-corrected chi connectivity index (χ3v) is 8.88. The largest absolute Gasteiger partial charge is 0.508 e. The van der Waals surface area contributed by atoms with Gasteiger partial charge in [0, 0.05) is 70.0 Å². The fourth-order valence-corrected chi connectivity index (χ4v) is 6.27. The molecule has 3 aromatic rings. The zero-order valence-electron chi connectivity index (χ0n) is 25.8. The molecule has 0 radical (unpaired) electrons. The molecule has 0 aliphatic carbocycles. The van der Waals surface area contributed by atoms with Gasteiger partial charge < -0.3 is 20.3 Å². The standard InChI is InChI=1S/C26H37N5O.C6H14N2/c1-6-7-11-23-28-24-19(2)20(17-27-25(24)30(23)5)18-31-14-12-26(13-15-31,29(3)4)21-9-8-10-22(32)16-21;1-5-3-7-4-6(2)8-5/h8-10,16-17,32H,6-7,11-15,18H2,1-5H3;5-8H,3-4H2,1-2H3. The molecule has 1 aromatic carbocycles. The van der Waals surface area contributed by atoms with Gasteiger partial charge >= 0.3 is 0 Å². The minimum absolute atomic E-state index is 0.0400. The van der Waals surface area contributed by atoms with Gasteiger partial charge in [-0.05, 0) is 83.0 Å². The van der Waals surface area contributed by atoms with Crippen molar-refractivity contribution in [3.8, 4) is 5.75 Å². The predicted molar refractivity (Wildman–Crippen MR) is 165 cm³/mol. The first-order valence-electron chi connectivity index (χ1n) is 15.1. The van der Waals surface area contributed by atoms with Crippen LogP contribution in [0, 0.1) is 6.92 Å². The number of nitrogens with one attached hydrogen (secondary N) is 2. The average molecular weight is 550 g/mol. The molecule has 40 heavy (non-hydrogen) atoms. The number of phenols is 1. The molecule has 3 N–H and O–H groups in total. The second-order valence-electron chi connectivity index (χ2n) is 12.2. The number of rotatable bonds is 7. The highest BCUT2D eigenvalue weighted by molar-refractivity contribution is 5.76.